The Morgan fingerprint density at radius 2 is 0.512 bits per heavy atom. The van der Waals surface area contributed by atoms with Crippen LogP contribution in [0.15, 0.2) is 291 Å². The summed E-state index contributed by atoms with van der Waals surface area (Å²) in [6.07, 6.45) is 0. The lowest BCUT2D eigenvalue weighted by Crippen LogP contribution is -2.14. The van der Waals surface area contributed by atoms with Crippen molar-refractivity contribution >= 4 is 77.2 Å². The summed E-state index contributed by atoms with van der Waals surface area (Å²) in [5.41, 5.74) is 24.1. The van der Waals surface area contributed by atoms with Crippen LogP contribution in [-0.2, 0) is 10.8 Å². The van der Waals surface area contributed by atoms with Crippen LogP contribution in [-0.4, -0.2) is 0 Å². The lowest BCUT2D eigenvalue weighted by molar-refractivity contribution is 0.662. The van der Waals surface area contributed by atoms with Crippen molar-refractivity contribution in [1.82, 2.24) is 0 Å². The van der Waals surface area contributed by atoms with E-state index in [-0.39, 0.29) is 10.8 Å². The highest BCUT2D eigenvalue weighted by molar-refractivity contribution is 6.21. The predicted molar refractivity (Wildman–Crippen MR) is 357 cm³/mol. The molecule has 0 aromatic heterocycles. The quantitative estimate of drug-likeness (QED) is 0.119. The molecule has 14 aromatic carbocycles. The van der Waals surface area contributed by atoms with Gasteiger partial charge < -0.3 is 9.80 Å². The third-order valence-corrected chi connectivity index (χ3v) is 18.6. The van der Waals surface area contributed by atoms with Gasteiger partial charge in [0, 0.05) is 45.0 Å². The van der Waals surface area contributed by atoms with Gasteiger partial charge in [-0.1, -0.05) is 234 Å². The van der Waals surface area contributed by atoms with Gasteiger partial charge in [-0.3, -0.25) is 0 Å². The summed E-state index contributed by atoms with van der Waals surface area (Å²) in [7, 11) is 0. The maximum Gasteiger partial charge on any atom is 0.0467 e. The summed E-state index contributed by atoms with van der Waals surface area (Å²) in [4.78, 5) is 4.78. The smallest absolute Gasteiger partial charge is 0.0467 e. The Morgan fingerprint density at radius 3 is 0.881 bits per heavy atom. The molecular formula is C82H60N2. The van der Waals surface area contributed by atoms with Crippen LogP contribution in [0.5, 0.6) is 0 Å². The summed E-state index contributed by atoms with van der Waals surface area (Å²) < 4.78 is 0. The van der Waals surface area contributed by atoms with Crippen LogP contribution in [0.1, 0.15) is 49.9 Å². The first-order chi connectivity index (χ1) is 41.2. The Balaban J connectivity index is 0.751. The summed E-state index contributed by atoms with van der Waals surface area (Å²) in [6.45, 7) is 9.47. The average molecular weight is 1070 g/mol. The zero-order chi connectivity index (χ0) is 56.3. The molecule has 0 radical (unpaired) electrons. The largest absolute Gasteiger partial charge is 0.310 e. The summed E-state index contributed by atoms with van der Waals surface area (Å²) >= 11 is 0. The van der Waals surface area contributed by atoms with Gasteiger partial charge in [-0.05, 0) is 206 Å². The Bertz CT molecular complexity index is 4590. The van der Waals surface area contributed by atoms with Crippen LogP contribution in [0, 0.1) is 0 Å². The first-order valence-electron chi connectivity index (χ1n) is 29.5. The van der Waals surface area contributed by atoms with E-state index < -0.39 is 0 Å². The number of benzene rings is 14. The lowest BCUT2D eigenvalue weighted by Gasteiger charge is -2.27. The zero-order valence-electron chi connectivity index (χ0n) is 47.6. The first-order valence-corrected chi connectivity index (χ1v) is 29.5. The molecular weight excluding hydrogens is 1010 g/mol. The van der Waals surface area contributed by atoms with Crippen molar-refractivity contribution in [1.29, 1.82) is 0 Å². The van der Waals surface area contributed by atoms with E-state index >= 15 is 0 Å². The predicted octanol–water partition coefficient (Wildman–Crippen LogP) is 22.9. The second-order valence-corrected chi connectivity index (χ2v) is 24.1. The molecule has 0 saturated carbocycles. The average Bonchev–Trinajstić information content (AvgIpc) is 1.61. The molecule has 0 unspecified atom stereocenters. The number of nitrogens with zero attached hydrogens (tertiary/aromatic N) is 2. The molecule has 0 fully saturated rings. The van der Waals surface area contributed by atoms with Crippen LogP contribution in [0.3, 0.4) is 0 Å². The van der Waals surface area contributed by atoms with Gasteiger partial charge in [-0.25, -0.2) is 0 Å². The minimum Gasteiger partial charge on any atom is -0.310 e. The van der Waals surface area contributed by atoms with Crippen molar-refractivity contribution < 1.29 is 0 Å². The number of hydrogen-bond acceptors (Lipinski definition) is 2. The van der Waals surface area contributed by atoms with Gasteiger partial charge in [0.1, 0.15) is 0 Å². The molecule has 14 aromatic rings. The van der Waals surface area contributed by atoms with E-state index in [2.05, 4.69) is 329 Å². The highest BCUT2D eigenvalue weighted by Crippen LogP contribution is 2.53. The zero-order valence-corrected chi connectivity index (χ0v) is 47.6. The molecule has 0 heterocycles. The van der Waals surface area contributed by atoms with Gasteiger partial charge in [0.15, 0.2) is 0 Å². The van der Waals surface area contributed by atoms with Crippen LogP contribution < -0.4 is 9.80 Å². The number of rotatable bonds is 11. The van der Waals surface area contributed by atoms with Crippen molar-refractivity contribution in [3.05, 3.63) is 313 Å². The fourth-order valence-corrected chi connectivity index (χ4v) is 14.3. The molecule has 84 heavy (non-hydrogen) atoms. The third-order valence-electron chi connectivity index (χ3n) is 18.6. The van der Waals surface area contributed by atoms with E-state index in [1.165, 1.54) is 110 Å². The van der Waals surface area contributed by atoms with Gasteiger partial charge in [-0.2, -0.15) is 0 Å². The van der Waals surface area contributed by atoms with Crippen LogP contribution in [0.2, 0.25) is 0 Å². The van der Waals surface area contributed by atoms with Crippen molar-refractivity contribution in [2.24, 2.45) is 0 Å². The summed E-state index contributed by atoms with van der Waals surface area (Å²) in [6, 6.07) is 108. The molecule has 0 spiro atoms. The highest BCUT2D eigenvalue weighted by Gasteiger charge is 2.36. The molecule has 2 heteroatoms. The highest BCUT2D eigenvalue weighted by atomic mass is 15.1. The SMILES string of the molecule is CC1(C)c2cccc3cc(-c4ccc(N(c5ccc(-c6ccc(N(c7ccc(-c8cc9cccc%10c9c9c(cccc89)C%10(C)C)cc7)c7cccc(-c8ccccc8)c7)cc6)cc5)c5cccc(-c6ccccc6)c5)cc4)c4cccc1c4c23. The Hall–Kier alpha value is -10.3. The normalized spacial score (nSPS) is 13.4. The Labute approximate surface area is 491 Å². The summed E-state index contributed by atoms with van der Waals surface area (Å²) in [5.74, 6) is 0. The van der Waals surface area contributed by atoms with Gasteiger partial charge >= 0.3 is 0 Å². The van der Waals surface area contributed by atoms with E-state index in [0.29, 0.717) is 0 Å². The monoisotopic (exact) mass is 1070 g/mol. The van der Waals surface area contributed by atoms with E-state index in [4.69, 9.17) is 0 Å². The van der Waals surface area contributed by atoms with Crippen molar-refractivity contribution in [3.8, 4) is 55.6 Å². The summed E-state index contributed by atoms with van der Waals surface area (Å²) in [5, 5.41) is 10.8. The maximum atomic E-state index is 2.41. The van der Waals surface area contributed by atoms with Gasteiger partial charge in [0.2, 0.25) is 0 Å². The number of anilines is 6. The fraction of sp³-hybridized carbons (Fsp3) is 0.0732. The molecule has 2 aliphatic rings. The maximum absolute atomic E-state index is 2.41. The first kappa shape index (κ1) is 49.5. The standard InChI is InChI=1S/C82H60N2/c1-81(2)73-29-13-23-61-51-71(69-27-15-31-75(81)79(69)77(61)73)57-37-45-65(46-38-57)83(67-25-11-21-59(49-67)53-17-7-5-8-18-53)63-41-33-55(34-42-63)56-35-43-64(44-36-56)84(68-26-12-22-60(50-68)54-19-9-6-10-20-54)66-47-39-58(40-48-66)72-52-62-24-14-30-74-78(62)80-70(72)28-16-32-76(80)82(74,3)4/h5-52H,1-4H3. The van der Waals surface area contributed by atoms with E-state index in [1.54, 1.807) is 0 Å². The van der Waals surface area contributed by atoms with Gasteiger partial charge in [0.25, 0.3) is 0 Å². The van der Waals surface area contributed by atoms with E-state index in [1.807, 2.05) is 0 Å². The van der Waals surface area contributed by atoms with E-state index in [9.17, 15) is 0 Å². The topological polar surface area (TPSA) is 6.48 Å². The van der Waals surface area contributed by atoms with Crippen molar-refractivity contribution in [3.63, 3.8) is 0 Å². The van der Waals surface area contributed by atoms with E-state index in [0.717, 1.165) is 45.3 Å². The molecule has 0 atom stereocenters. The molecule has 0 bridgehead atoms. The lowest BCUT2D eigenvalue weighted by atomic mass is 9.82. The molecule has 2 aliphatic carbocycles. The third kappa shape index (κ3) is 7.85. The van der Waals surface area contributed by atoms with Crippen molar-refractivity contribution in [2.45, 2.75) is 38.5 Å². The fourth-order valence-electron chi connectivity index (χ4n) is 14.3. The molecule has 0 aliphatic heterocycles. The minimum atomic E-state index is -0.0431. The Kier molecular flexibility index (Phi) is 11.3. The molecule has 16 rings (SSSR count). The second-order valence-electron chi connectivity index (χ2n) is 24.1. The van der Waals surface area contributed by atoms with Gasteiger partial charge in [-0.15, -0.1) is 0 Å². The number of hydrogen-bond donors (Lipinski definition) is 0. The van der Waals surface area contributed by atoms with Crippen LogP contribution >= 0.6 is 0 Å². The molecule has 398 valence electrons. The molecule has 2 nitrogen and oxygen atoms in total. The second kappa shape index (κ2) is 19.2. The van der Waals surface area contributed by atoms with Crippen LogP contribution in [0.25, 0.3) is 98.7 Å². The molecule has 0 N–H and O–H groups in total. The molecule has 0 amide bonds. The van der Waals surface area contributed by atoms with Crippen molar-refractivity contribution in [2.75, 3.05) is 9.80 Å². The molecule has 0 saturated heterocycles. The Morgan fingerprint density at radius 1 is 0.214 bits per heavy atom. The van der Waals surface area contributed by atoms with Crippen LogP contribution in [0.4, 0.5) is 34.1 Å². The minimum absolute atomic E-state index is 0.0431. The van der Waals surface area contributed by atoms with Gasteiger partial charge in [0.05, 0.1) is 0 Å².